The molecule has 0 aliphatic carbocycles. The fraction of sp³-hybridized carbons (Fsp3) is 0.500. The van der Waals surface area contributed by atoms with E-state index in [0.29, 0.717) is 19.6 Å². The van der Waals surface area contributed by atoms with Gasteiger partial charge in [-0.05, 0) is 23.8 Å². The summed E-state index contributed by atoms with van der Waals surface area (Å²) in [4.78, 5) is 6.83. The maximum absolute atomic E-state index is 14.3. The van der Waals surface area contributed by atoms with E-state index in [-0.39, 0.29) is 31.8 Å². The number of likely N-dealkylation sites (N-methyl/N-ethyl adjacent to an activating group) is 1. The molecule has 0 saturated carbocycles. The van der Waals surface area contributed by atoms with Crippen molar-refractivity contribution in [1.29, 1.82) is 0 Å². The Balaban J connectivity index is 1.52. The zero-order valence-corrected chi connectivity index (χ0v) is 17.6. The number of nitrogens with one attached hydrogen (secondary N) is 4. The van der Waals surface area contributed by atoms with E-state index in [0.717, 1.165) is 22.7 Å². The number of aliphatic hydroxyl groups is 1. The first kappa shape index (κ1) is 21.7. The second kappa shape index (κ2) is 9.33. The number of fused-ring (bicyclic) bond motifs is 1. The minimum Gasteiger partial charge on any atom is -0.395 e. The lowest BCUT2D eigenvalue weighted by Gasteiger charge is -2.37. The Hall–Kier alpha value is -2.49. The Morgan fingerprint density at radius 1 is 1.26 bits per heavy atom. The lowest BCUT2D eigenvalue weighted by Crippen LogP contribution is -2.56. The van der Waals surface area contributed by atoms with Gasteiger partial charge in [0.05, 0.1) is 12.3 Å². The number of nitrogens with zero attached hydrogens (tertiary/aromatic N) is 2. The number of aliphatic imine (C=N–C) groups is 1. The zero-order valence-electron chi connectivity index (χ0n) is 17.6. The normalized spacial score (nSPS) is 26.8. The van der Waals surface area contributed by atoms with Crippen LogP contribution in [0.15, 0.2) is 53.4 Å². The Kier molecular flexibility index (Phi) is 6.54. The van der Waals surface area contributed by atoms with Gasteiger partial charge in [0.15, 0.2) is 0 Å². The zero-order chi connectivity index (χ0) is 21.8. The number of hydrogen-bond acceptors (Lipinski definition) is 7. The topological polar surface area (TPSA) is 84.0 Å². The molecule has 0 aromatic heterocycles. The van der Waals surface area contributed by atoms with E-state index in [1.807, 2.05) is 48.5 Å². The van der Waals surface area contributed by atoms with E-state index < -0.39 is 11.8 Å². The molecule has 4 rings (SSSR count). The first-order valence-electron chi connectivity index (χ1n) is 10.7. The van der Waals surface area contributed by atoms with Crippen LogP contribution in [0.2, 0.25) is 0 Å². The van der Waals surface area contributed by atoms with Gasteiger partial charge in [-0.1, -0.05) is 12.1 Å². The number of benzene rings is 1. The molecule has 3 unspecified atom stereocenters. The molecule has 3 atom stereocenters. The van der Waals surface area contributed by atoms with Crippen LogP contribution in [-0.4, -0.2) is 68.8 Å². The molecule has 0 amide bonds. The first-order valence-corrected chi connectivity index (χ1v) is 10.7. The third kappa shape index (κ3) is 4.89. The second-order valence-electron chi connectivity index (χ2n) is 8.19. The molecule has 0 spiro atoms. The van der Waals surface area contributed by atoms with Crippen LogP contribution < -0.4 is 26.2 Å². The molecule has 168 valence electrons. The van der Waals surface area contributed by atoms with E-state index in [2.05, 4.69) is 21.3 Å². The molecule has 1 aromatic rings. The summed E-state index contributed by atoms with van der Waals surface area (Å²) in [6.07, 6.45) is 5.10. The number of anilines is 1. The molecule has 3 aliphatic heterocycles. The Labute approximate surface area is 181 Å². The van der Waals surface area contributed by atoms with Crippen molar-refractivity contribution in [2.45, 2.75) is 24.6 Å². The minimum absolute atomic E-state index is 0.0908. The van der Waals surface area contributed by atoms with Gasteiger partial charge in [0.1, 0.15) is 12.2 Å². The van der Waals surface area contributed by atoms with Gasteiger partial charge in [-0.2, -0.15) is 0 Å². The van der Waals surface area contributed by atoms with Crippen molar-refractivity contribution in [2.24, 2.45) is 10.9 Å². The molecule has 5 N–H and O–H groups in total. The van der Waals surface area contributed by atoms with Gasteiger partial charge < -0.3 is 26.0 Å². The van der Waals surface area contributed by atoms with E-state index in [1.54, 1.807) is 6.20 Å². The number of hydrogen-bond donors (Lipinski definition) is 5. The molecule has 1 saturated heterocycles. The Morgan fingerprint density at radius 2 is 2.06 bits per heavy atom. The molecule has 0 radical (unpaired) electrons. The van der Waals surface area contributed by atoms with Crippen molar-refractivity contribution in [3.05, 3.63) is 54.0 Å². The lowest BCUT2D eigenvalue weighted by atomic mass is 9.94. The van der Waals surface area contributed by atoms with Gasteiger partial charge >= 0.3 is 0 Å². The fourth-order valence-electron chi connectivity index (χ4n) is 4.13. The highest BCUT2D eigenvalue weighted by Crippen LogP contribution is 2.30. The molecule has 1 aromatic carbocycles. The first-order chi connectivity index (χ1) is 15.0. The number of alkyl halides is 2. The number of piperidine rings is 1. The Bertz CT molecular complexity index is 854. The summed E-state index contributed by atoms with van der Waals surface area (Å²) < 4.78 is 28.5. The van der Waals surface area contributed by atoms with Crippen molar-refractivity contribution in [3.8, 4) is 0 Å². The number of dihydropyridines is 1. The summed E-state index contributed by atoms with van der Waals surface area (Å²) in [7, 11) is 1.93. The number of rotatable bonds is 7. The summed E-state index contributed by atoms with van der Waals surface area (Å²) >= 11 is 0. The SMILES string of the molecule is CN(CCO)c1ccc(C2=NC(NCC3CNCCC3(F)F)C3NC=CNC3=C2)cc1. The predicted molar refractivity (Wildman–Crippen MR) is 118 cm³/mol. The molecule has 9 heteroatoms. The third-order valence-corrected chi connectivity index (χ3v) is 6.07. The van der Waals surface area contributed by atoms with E-state index in [4.69, 9.17) is 10.1 Å². The van der Waals surface area contributed by atoms with Crippen LogP contribution >= 0.6 is 0 Å². The summed E-state index contributed by atoms with van der Waals surface area (Å²) in [6.45, 7) is 1.48. The largest absolute Gasteiger partial charge is 0.395 e. The van der Waals surface area contributed by atoms with E-state index in [9.17, 15) is 8.78 Å². The third-order valence-electron chi connectivity index (χ3n) is 6.07. The van der Waals surface area contributed by atoms with E-state index >= 15 is 0 Å². The maximum atomic E-state index is 14.3. The monoisotopic (exact) mass is 432 g/mol. The molecule has 3 aliphatic rings. The van der Waals surface area contributed by atoms with Gasteiger partial charge in [0.25, 0.3) is 5.92 Å². The van der Waals surface area contributed by atoms with Crippen LogP contribution in [0.25, 0.3) is 0 Å². The quantitative estimate of drug-likeness (QED) is 0.442. The van der Waals surface area contributed by atoms with Crippen LogP contribution in [0.1, 0.15) is 12.0 Å². The molecular weight excluding hydrogens is 402 g/mol. The van der Waals surface area contributed by atoms with E-state index in [1.165, 1.54) is 0 Å². The number of allylic oxidation sites excluding steroid dienone is 1. The average molecular weight is 433 g/mol. The van der Waals surface area contributed by atoms with Crippen LogP contribution in [0, 0.1) is 5.92 Å². The summed E-state index contributed by atoms with van der Waals surface area (Å²) in [5.41, 5.74) is 3.68. The maximum Gasteiger partial charge on any atom is 0.254 e. The molecule has 7 nitrogen and oxygen atoms in total. The molecule has 1 fully saturated rings. The van der Waals surface area contributed by atoms with Crippen molar-refractivity contribution in [1.82, 2.24) is 21.3 Å². The molecule has 3 heterocycles. The number of halogens is 2. The number of aliphatic hydroxyl groups excluding tert-OH is 1. The van der Waals surface area contributed by atoms with Crippen LogP contribution in [0.5, 0.6) is 0 Å². The highest BCUT2D eigenvalue weighted by molar-refractivity contribution is 6.10. The van der Waals surface area contributed by atoms with Crippen LogP contribution in [-0.2, 0) is 0 Å². The molecule has 31 heavy (non-hydrogen) atoms. The van der Waals surface area contributed by atoms with Gasteiger partial charge in [0, 0.05) is 69.3 Å². The van der Waals surface area contributed by atoms with Crippen molar-refractivity contribution < 1.29 is 13.9 Å². The smallest absolute Gasteiger partial charge is 0.254 e. The van der Waals surface area contributed by atoms with Gasteiger partial charge in [-0.15, -0.1) is 0 Å². The van der Waals surface area contributed by atoms with Crippen molar-refractivity contribution >= 4 is 11.4 Å². The second-order valence-corrected chi connectivity index (χ2v) is 8.19. The lowest BCUT2D eigenvalue weighted by molar-refractivity contribution is -0.0776. The van der Waals surface area contributed by atoms with Gasteiger partial charge in [-0.3, -0.25) is 10.3 Å². The summed E-state index contributed by atoms with van der Waals surface area (Å²) in [5, 5.41) is 22.0. The Morgan fingerprint density at radius 3 is 2.81 bits per heavy atom. The van der Waals surface area contributed by atoms with Crippen molar-refractivity contribution in [2.75, 3.05) is 44.7 Å². The van der Waals surface area contributed by atoms with Crippen LogP contribution in [0.4, 0.5) is 14.5 Å². The molecular formula is C22H30F2N6O. The van der Waals surface area contributed by atoms with Gasteiger partial charge in [-0.25, -0.2) is 8.78 Å². The fourth-order valence-corrected chi connectivity index (χ4v) is 4.13. The standard InChI is InChI=1S/C22H30F2N6O/c1-30(10-11-31)17-4-2-15(3-5-17)18-12-19-20(27-9-8-26-19)21(29-18)28-14-16-13-25-7-6-22(16,23)24/h2-5,8-9,12,16,20-21,25-28,31H,6-7,10-11,13-14H2,1H3. The van der Waals surface area contributed by atoms with Gasteiger partial charge in [0.2, 0.25) is 0 Å². The minimum atomic E-state index is -2.67. The summed E-state index contributed by atoms with van der Waals surface area (Å²) in [5.74, 6) is -3.44. The summed E-state index contributed by atoms with van der Waals surface area (Å²) in [6, 6.07) is 7.81. The van der Waals surface area contributed by atoms with Crippen LogP contribution in [0.3, 0.4) is 0 Å². The highest BCUT2D eigenvalue weighted by atomic mass is 19.3. The predicted octanol–water partition coefficient (Wildman–Crippen LogP) is 0.995. The van der Waals surface area contributed by atoms with Crippen molar-refractivity contribution in [3.63, 3.8) is 0 Å². The average Bonchev–Trinajstić information content (AvgIpc) is 2.78. The molecule has 0 bridgehead atoms. The highest BCUT2D eigenvalue weighted by Gasteiger charge is 2.42.